The van der Waals surface area contributed by atoms with Crippen molar-refractivity contribution in [2.75, 3.05) is 25.0 Å². The van der Waals surface area contributed by atoms with Crippen molar-refractivity contribution in [3.63, 3.8) is 0 Å². The predicted molar refractivity (Wildman–Crippen MR) is 159 cm³/mol. The van der Waals surface area contributed by atoms with Gasteiger partial charge in [0.05, 0.1) is 17.7 Å². The number of nitrogens with one attached hydrogen (secondary N) is 1. The molecule has 0 bridgehead atoms. The zero-order valence-electron chi connectivity index (χ0n) is 23.3. The van der Waals surface area contributed by atoms with Crippen molar-refractivity contribution in [1.82, 2.24) is 10.2 Å². The number of hydrogen-bond acceptors (Lipinski definition) is 5. The van der Waals surface area contributed by atoms with Gasteiger partial charge in [-0.25, -0.2) is 12.8 Å². The quantitative estimate of drug-likeness (QED) is 0.264. The molecular weight excluding hydrogens is 557 g/mol. The van der Waals surface area contributed by atoms with Gasteiger partial charge in [0.25, 0.3) is 10.0 Å². The average molecular weight is 590 g/mol. The van der Waals surface area contributed by atoms with Gasteiger partial charge >= 0.3 is 0 Å². The standard InChI is InChI=1S/C32H32FN3O5S/c1-34-32(38)30(21-24-11-5-3-6-12-24)35(22-25-13-9-10-16-29(25)33)31(37)23-36(26-17-19-27(41-2)20-18-26)42(39,40)28-14-7-4-8-15-28/h3-20,30H,21-23H2,1-2H3,(H,34,38)/t30-/m0/s1. The number of halogens is 1. The molecule has 0 fully saturated rings. The molecule has 4 aromatic rings. The van der Waals surface area contributed by atoms with Crippen LogP contribution in [-0.2, 0) is 32.6 Å². The summed E-state index contributed by atoms with van der Waals surface area (Å²) in [6.45, 7) is -0.890. The first kappa shape index (κ1) is 30.3. The topological polar surface area (TPSA) is 96.0 Å². The lowest BCUT2D eigenvalue weighted by atomic mass is 10.0. The highest BCUT2D eigenvalue weighted by Gasteiger charge is 2.34. The molecule has 0 aliphatic heterocycles. The van der Waals surface area contributed by atoms with Crippen LogP contribution in [0.25, 0.3) is 0 Å². The SMILES string of the molecule is CNC(=O)[C@H](Cc1ccccc1)N(Cc1ccccc1F)C(=O)CN(c1ccc(OC)cc1)S(=O)(=O)c1ccccc1. The number of amides is 2. The highest BCUT2D eigenvalue weighted by atomic mass is 32.2. The highest BCUT2D eigenvalue weighted by Crippen LogP contribution is 2.27. The number of sulfonamides is 1. The Morgan fingerprint density at radius 1 is 0.857 bits per heavy atom. The van der Waals surface area contributed by atoms with Gasteiger partial charge in [-0.05, 0) is 48.0 Å². The minimum atomic E-state index is -4.22. The minimum absolute atomic E-state index is 0.0126. The smallest absolute Gasteiger partial charge is 0.264 e. The summed E-state index contributed by atoms with van der Waals surface area (Å²) in [4.78, 5) is 28.7. The van der Waals surface area contributed by atoms with E-state index < -0.39 is 40.2 Å². The number of rotatable bonds is 12. The Morgan fingerprint density at radius 2 is 1.45 bits per heavy atom. The Morgan fingerprint density at radius 3 is 2.05 bits per heavy atom. The van der Waals surface area contributed by atoms with Crippen LogP contribution in [-0.4, -0.2) is 51.9 Å². The Labute approximate surface area is 245 Å². The maximum absolute atomic E-state index is 14.8. The first-order valence-electron chi connectivity index (χ1n) is 13.2. The van der Waals surface area contributed by atoms with Gasteiger partial charge in [0.15, 0.2) is 0 Å². The zero-order chi connectivity index (χ0) is 30.1. The van der Waals surface area contributed by atoms with Crippen molar-refractivity contribution in [2.45, 2.75) is 23.9 Å². The van der Waals surface area contributed by atoms with Crippen molar-refractivity contribution < 1.29 is 27.1 Å². The van der Waals surface area contributed by atoms with Gasteiger partial charge in [-0.1, -0.05) is 66.7 Å². The van der Waals surface area contributed by atoms with Crippen LogP contribution in [0.5, 0.6) is 5.75 Å². The van der Waals surface area contributed by atoms with E-state index in [2.05, 4.69) is 5.32 Å². The second-order valence-electron chi connectivity index (χ2n) is 9.46. The Kier molecular flexibility index (Phi) is 9.93. The molecule has 4 aromatic carbocycles. The lowest BCUT2D eigenvalue weighted by Gasteiger charge is -2.33. The summed E-state index contributed by atoms with van der Waals surface area (Å²) in [5, 5.41) is 2.60. The van der Waals surface area contributed by atoms with E-state index in [9.17, 15) is 22.4 Å². The number of hydrogen-bond donors (Lipinski definition) is 1. The van der Waals surface area contributed by atoms with Gasteiger partial charge in [-0.15, -0.1) is 0 Å². The number of benzene rings is 4. The van der Waals surface area contributed by atoms with Crippen molar-refractivity contribution in [3.8, 4) is 5.75 Å². The van der Waals surface area contributed by atoms with E-state index >= 15 is 0 Å². The number of ether oxygens (including phenoxy) is 1. The molecule has 8 nitrogen and oxygen atoms in total. The maximum atomic E-state index is 14.8. The lowest BCUT2D eigenvalue weighted by molar-refractivity contribution is -0.139. The van der Waals surface area contributed by atoms with Gasteiger partial charge in [-0.2, -0.15) is 0 Å². The fourth-order valence-corrected chi connectivity index (χ4v) is 5.96. The first-order valence-corrected chi connectivity index (χ1v) is 14.7. The number of carbonyl (C=O) groups excluding carboxylic acids is 2. The molecule has 0 spiro atoms. The Hall–Kier alpha value is -4.70. The van der Waals surface area contributed by atoms with Gasteiger partial charge in [0, 0.05) is 25.6 Å². The van der Waals surface area contributed by atoms with Crippen LogP contribution < -0.4 is 14.4 Å². The average Bonchev–Trinajstić information content (AvgIpc) is 3.02. The molecule has 2 amide bonds. The van der Waals surface area contributed by atoms with Crippen LogP contribution in [0.15, 0.2) is 114 Å². The summed E-state index contributed by atoms with van der Waals surface area (Å²) in [5.41, 5.74) is 1.19. The van der Waals surface area contributed by atoms with Crippen LogP contribution in [0.4, 0.5) is 10.1 Å². The normalized spacial score (nSPS) is 11.8. The molecule has 218 valence electrons. The molecule has 0 unspecified atom stereocenters. The highest BCUT2D eigenvalue weighted by molar-refractivity contribution is 7.92. The first-order chi connectivity index (χ1) is 20.2. The monoisotopic (exact) mass is 589 g/mol. The van der Waals surface area contributed by atoms with Crippen LogP contribution in [0.3, 0.4) is 0 Å². The van der Waals surface area contributed by atoms with Gasteiger partial charge in [-0.3, -0.25) is 13.9 Å². The molecule has 0 aliphatic rings. The van der Waals surface area contributed by atoms with E-state index in [1.165, 1.54) is 61.5 Å². The van der Waals surface area contributed by atoms with Crippen molar-refractivity contribution in [2.24, 2.45) is 0 Å². The number of nitrogens with zero attached hydrogens (tertiary/aromatic N) is 2. The van der Waals surface area contributed by atoms with Crippen molar-refractivity contribution in [3.05, 3.63) is 126 Å². The van der Waals surface area contributed by atoms with Gasteiger partial charge < -0.3 is 15.0 Å². The lowest BCUT2D eigenvalue weighted by Crippen LogP contribution is -2.53. The fourth-order valence-electron chi connectivity index (χ4n) is 4.53. The third kappa shape index (κ3) is 7.13. The van der Waals surface area contributed by atoms with Crippen LogP contribution >= 0.6 is 0 Å². The summed E-state index contributed by atoms with van der Waals surface area (Å²) in [6.07, 6.45) is 0.134. The van der Waals surface area contributed by atoms with E-state index in [0.717, 1.165) is 9.87 Å². The van der Waals surface area contributed by atoms with Gasteiger partial charge in [0.2, 0.25) is 11.8 Å². The number of carbonyl (C=O) groups is 2. The second kappa shape index (κ2) is 13.8. The van der Waals surface area contributed by atoms with Crippen LogP contribution in [0, 0.1) is 5.82 Å². The molecule has 1 atom stereocenters. The number of likely N-dealkylation sites (N-methyl/N-ethyl adjacent to an activating group) is 1. The molecule has 10 heteroatoms. The zero-order valence-corrected chi connectivity index (χ0v) is 24.1. The predicted octanol–water partition coefficient (Wildman–Crippen LogP) is 4.42. The number of anilines is 1. The molecule has 0 aromatic heterocycles. The molecule has 0 aliphatic carbocycles. The van der Waals surface area contributed by atoms with Crippen LogP contribution in [0.1, 0.15) is 11.1 Å². The molecule has 0 saturated heterocycles. The van der Waals surface area contributed by atoms with Crippen molar-refractivity contribution >= 4 is 27.5 Å². The Balaban J connectivity index is 1.79. The van der Waals surface area contributed by atoms with E-state index in [4.69, 9.17) is 4.74 Å². The van der Waals surface area contributed by atoms with Crippen molar-refractivity contribution in [1.29, 1.82) is 0 Å². The molecule has 1 N–H and O–H groups in total. The number of methoxy groups -OCH3 is 1. The molecule has 0 radical (unpaired) electrons. The second-order valence-corrected chi connectivity index (χ2v) is 11.3. The summed E-state index contributed by atoms with van der Waals surface area (Å²) in [5.74, 6) is -1.19. The Bertz CT molecular complexity index is 1600. The maximum Gasteiger partial charge on any atom is 0.264 e. The van der Waals surface area contributed by atoms with Gasteiger partial charge in [0.1, 0.15) is 24.2 Å². The summed E-state index contributed by atoms with van der Waals surface area (Å²) < 4.78 is 48.8. The molecule has 4 rings (SSSR count). The molecule has 0 saturated carbocycles. The summed E-state index contributed by atoms with van der Waals surface area (Å²) in [6, 6.07) is 28.0. The van der Waals surface area contributed by atoms with Crippen LogP contribution in [0.2, 0.25) is 0 Å². The molecule has 42 heavy (non-hydrogen) atoms. The molecular formula is C32H32FN3O5S. The summed E-state index contributed by atoms with van der Waals surface area (Å²) >= 11 is 0. The minimum Gasteiger partial charge on any atom is -0.497 e. The third-order valence-electron chi connectivity index (χ3n) is 6.79. The third-order valence-corrected chi connectivity index (χ3v) is 8.57. The largest absolute Gasteiger partial charge is 0.497 e. The fraction of sp³-hybridized carbons (Fsp3) is 0.188. The van der Waals surface area contributed by atoms with E-state index in [0.29, 0.717) is 5.75 Å². The van der Waals surface area contributed by atoms with E-state index in [1.807, 2.05) is 30.3 Å². The summed E-state index contributed by atoms with van der Waals surface area (Å²) in [7, 11) is -1.28. The van der Waals surface area contributed by atoms with E-state index in [-0.39, 0.29) is 29.1 Å². The molecule has 0 heterocycles. The van der Waals surface area contributed by atoms with E-state index in [1.54, 1.807) is 36.4 Å².